The fraction of sp³-hybridized carbons (Fsp3) is 0.321. The first-order valence-electron chi connectivity index (χ1n) is 12.3. The van der Waals surface area contributed by atoms with E-state index in [9.17, 15) is 32.2 Å². The Morgan fingerprint density at radius 3 is 2.26 bits per heavy atom. The molecule has 5 rings (SSSR count). The molecule has 2 bridgehead atoms. The van der Waals surface area contributed by atoms with Gasteiger partial charge in [0, 0.05) is 17.3 Å². The van der Waals surface area contributed by atoms with Crippen LogP contribution in [-0.2, 0) is 9.84 Å². The number of aliphatic hydroxyl groups excluding tert-OH is 1. The largest absolute Gasteiger partial charge is 0.386 e. The highest BCUT2D eigenvalue weighted by molar-refractivity contribution is 7.92. The highest BCUT2D eigenvalue weighted by Gasteiger charge is 2.59. The summed E-state index contributed by atoms with van der Waals surface area (Å²) in [5.41, 5.74) is -0.875. The van der Waals surface area contributed by atoms with Crippen molar-refractivity contribution in [2.24, 2.45) is 11.8 Å². The monoisotopic (exact) mass is 561 g/mol. The van der Waals surface area contributed by atoms with Gasteiger partial charge in [-0.15, -0.1) is 0 Å². The lowest BCUT2D eigenvalue weighted by molar-refractivity contribution is -0.144. The normalized spacial score (nSPS) is 25.7. The third kappa shape index (κ3) is 4.62. The maximum Gasteiger partial charge on any atom is 0.255 e. The first kappa shape index (κ1) is 26.7. The minimum atomic E-state index is -4.01. The van der Waals surface area contributed by atoms with Crippen LogP contribution in [-0.4, -0.2) is 35.4 Å². The molecule has 0 aliphatic heterocycles. The SMILES string of the molecule is O=C(Nc1ccc(F)c(F)c1)c1ccc(Cl)c(S(=O)(=O)[C@H]2CC3CCC(C2)[C@]3(O)C(O)c2ccccc2)c1. The number of fused-ring (bicyclic) bond motifs is 2. The molecule has 0 aromatic heterocycles. The quantitative estimate of drug-likeness (QED) is 0.379. The second-order valence-corrected chi connectivity index (χ2v) is 12.6. The second kappa shape index (κ2) is 10.0. The maximum atomic E-state index is 13.7. The van der Waals surface area contributed by atoms with Gasteiger partial charge in [0.25, 0.3) is 5.91 Å². The molecule has 3 N–H and O–H groups in total. The number of benzene rings is 3. The zero-order valence-corrected chi connectivity index (χ0v) is 21.7. The predicted octanol–water partition coefficient (Wildman–Crippen LogP) is 5.30. The average molecular weight is 562 g/mol. The van der Waals surface area contributed by atoms with Gasteiger partial charge in [0.15, 0.2) is 21.5 Å². The van der Waals surface area contributed by atoms with Crippen LogP contribution in [0, 0.1) is 23.5 Å². The smallest absolute Gasteiger partial charge is 0.255 e. The van der Waals surface area contributed by atoms with Crippen molar-refractivity contribution in [3.05, 3.63) is 94.5 Å². The molecule has 3 unspecified atom stereocenters. The lowest BCUT2D eigenvalue weighted by Crippen LogP contribution is -2.52. The summed E-state index contributed by atoms with van der Waals surface area (Å²) >= 11 is 6.29. The number of hydrogen-bond donors (Lipinski definition) is 3. The van der Waals surface area contributed by atoms with E-state index in [1.807, 2.05) is 6.07 Å². The number of aliphatic hydroxyl groups is 2. The van der Waals surface area contributed by atoms with Crippen LogP contribution in [0.25, 0.3) is 0 Å². The third-order valence-corrected chi connectivity index (χ3v) is 10.6. The number of amides is 1. The topological polar surface area (TPSA) is 104 Å². The lowest BCUT2D eigenvalue weighted by atomic mass is 9.69. The Kier molecular flexibility index (Phi) is 7.06. The number of nitrogens with one attached hydrogen (secondary N) is 1. The summed E-state index contributed by atoms with van der Waals surface area (Å²) in [6.07, 6.45) is 0.307. The van der Waals surface area contributed by atoms with Crippen LogP contribution < -0.4 is 5.32 Å². The molecule has 200 valence electrons. The lowest BCUT2D eigenvalue weighted by Gasteiger charge is -2.45. The average Bonchev–Trinajstić information content (AvgIpc) is 3.06. The van der Waals surface area contributed by atoms with E-state index in [1.54, 1.807) is 24.3 Å². The van der Waals surface area contributed by atoms with Crippen molar-refractivity contribution in [2.75, 3.05) is 5.32 Å². The summed E-state index contributed by atoms with van der Waals surface area (Å²) in [5.74, 6) is -3.78. The van der Waals surface area contributed by atoms with Gasteiger partial charge >= 0.3 is 0 Å². The minimum Gasteiger partial charge on any atom is -0.386 e. The van der Waals surface area contributed by atoms with E-state index in [0.29, 0.717) is 18.4 Å². The Hall–Kier alpha value is -2.85. The zero-order valence-electron chi connectivity index (χ0n) is 20.1. The Labute approximate surface area is 224 Å². The summed E-state index contributed by atoms with van der Waals surface area (Å²) in [4.78, 5) is 12.5. The van der Waals surface area contributed by atoms with Crippen LogP contribution in [0.4, 0.5) is 14.5 Å². The molecular weight excluding hydrogens is 536 g/mol. The van der Waals surface area contributed by atoms with Crippen molar-refractivity contribution in [1.29, 1.82) is 0 Å². The van der Waals surface area contributed by atoms with Crippen LogP contribution in [0.1, 0.15) is 47.7 Å². The van der Waals surface area contributed by atoms with E-state index in [0.717, 1.165) is 12.1 Å². The molecule has 3 aromatic rings. The number of hydrogen-bond acceptors (Lipinski definition) is 5. The van der Waals surface area contributed by atoms with Crippen molar-refractivity contribution in [1.82, 2.24) is 0 Å². The number of carbonyl (C=O) groups excluding carboxylic acids is 1. The molecule has 2 aliphatic rings. The van der Waals surface area contributed by atoms with Gasteiger partial charge in [0.2, 0.25) is 0 Å². The van der Waals surface area contributed by atoms with Gasteiger partial charge in [0.1, 0.15) is 11.7 Å². The van der Waals surface area contributed by atoms with Crippen LogP contribution >= 0.6 is 11.6 Å². The van der Waals surface area contributed by atoms with E-state index in [4.69, 9.17) is 11.6 Å². The predicted molar refractivity (Wildman–Crippen MR) is 139 cm³/mol. The molecule has 0 spiro atoms. The van der Waals surface area contributed by atoms with Crippen molar-refractivity contribution < 1.29 is 32.2 Å². The Balaban J connectivity index is 1.39. The molecule has 2 fully saturated rings. The number of carbonyl (C=O) groups is 1. The van der Waals surface area contributed by atoms with Gasteiger partial charge in [0.05, 0.1) is 15.2 Å². The third-order valence-electron chi connectivity index (χ3n) is 7.94. The molecule has 6 nitrogen and oxygen atoms in total. The summed E-state index contributed by atoms with van der Waals surface area (Å²) < 4.78 is 54.2. The fourth-order valence-corrected chi connectivity index (χ4v) is 8.37. The van der Waals surface area contributed by atoms with Gasteiger partial charge < -0.3 is 15.5 Å². The van der Waals surface area contributed by atoms with E-state index < -0.39 is 56.2 Å². The molecule has 2 aliphatic carbocycles. The number of rotatable bonds is 6. The van der Waals surface area contributed by atoms with E-state index in [1.165, 1.54) is 24.3 Å². The van der Waals surface area contributed by atoms with E-state index in [-0.39, 0.29) is 34.0 Å². The summed E-state index contributed by atoms with van der Waals surface area (Å²) in [6.45, 7) is 0. The molecule has 2 saturated carbocycles. The Morgan fingerprint density at radius 1 is 0.974 bits per heavy atom. The fourth-order valence-electron chi connectivity index (χ4n) is 5.96. The van der Waals surface area contributed by atoms with Crippen LogP contribution in [0.3, 0.4) is 0 Å². The Bertz CT molecular complexity index is 1470. The van der Waals surface area contributed by atoms with E-state index >= 15 is 0 Å². The van der Waals surface area contributed by atoms with Crippen LogP contribution in [0.15, 0.2) is 71.6 Å². The van der Waals surface area contributed by atoms with Crippen molar-refractivity contribution in [3.63, 3.8) is 0 Å². The van der Waals surface area contributed by atoms with Gasteiger partial charge in [-0.3, -0.25) is 4.79 Å². The standard InChI is InChI=1S/C28H26ClF2NO5S/c29-22-10-6-17(27(34)32-20-9-11-23(30)24(31)15-20)12-25(22)38(36,37)21-13-18-7-8-19(14-21)28(18,35)26(33)16-4-2-1-3-5-16/h1-6,9-12,15,18-19,21,26,33,35H,7-8,13-14H2,(H,32,34)/t18?,19?,21-,26?,28-. The highest BCUT2D eigenvalue weighted by Crippen LogP contribution is 2.56. The minimum absolute atomic E-state index is 0.00775. The summed E-state index contributed by atoms with van der Waals surface area (Å²) in [7, 11) is -4.01. The van der Waals surface area contributed by atoms with Crippen LogP contribution in [0.5, 0.6) is 0 Å². The van der Waals surface area contributed by atoms with Gasteiger partial charge in [-0.2, -0.15) is 0 Å². The highest BCUT2D eigenvalue weighted by atomic mass is 35.5. The number of sulfone groups is 1. The van der Waals surface area contributed by atoms with E-state index in [2.05, 4.69) is 5.32 Å². The number of halogens is 3. The maximum absolute atomic E-state index is 13.7. The molecule has 3 atom stereocenters. The molecule has 0 radical (unpaired) electrons. The number of anilines is 1. The molecule has 3 aromatic carbocycles. The first-order valence-corrected chi connectivity index (χ1v) is 14.2. The molecule has 0 saturated heterocycles. The molecule has 10 heteroatoms. The molecular formula is C28H26ClF2NO5S. The van der Waals surface area contributed by atoms with Crippen molar-refractivity contribution in [2.45, 2.75) is 47.5 Å². The molecule has 38 heavy (non-hydrogen) atoms. The van der Waals surface area contributed by atoms with Crippen molar-refractivity contribution in [3.8, 4) is 0 Å². The zero-order chi connectivity index (χ0) is 27.2. The van der Waals surface area contributed by atoms with Crippen molar-refractivity contribution >= 4 is 33.0 Å². The van der Waals surface area contributed by atoms with Gasteiger partial charge in [-0.25, -0.2) is 17.2 Å². The van der Waals surface area contributed by atoms with Gasteiger partial charge in [-0.05, 0) is 73.4 Å². The summed E-state index contributed by atoms with van der Waals surface area (Å²) in [6, 6.07) is 15.5. The first-order chi connectivity index (χ1) is 18.0. The molecule has 1 amide bonds. The van der Waals surface area contributed by atoms with Gasteiger partial charge in [-0.1, -0.05) is 41.9 Å². The second-order valence-electron chi connectivity index (χ2n) is 10.0. The summed E-state index contributed by atoms with van der Waals surface area (Å²) in [5, 5.41) is 24.2. The molecule has 0 heterocycles. The Morgan fingerprint density at radius 2 is 1.63 bits per heavy atom. The van der Waals surface area contributed by atoms with Crippen LogP contribution in [0.2, 0.25) is 5.02 Å².